The van der Waals surface area contributed by atoms with Gasteiger partial charge in [-0.25, -0.2) is 4.98 Å². The summed E-state index contributed by atoms with van der Waals surface area (Å²) in [7, 11) is 0. The van der Waals surface area contributed by atoms with Crippen LogP contribution in [0, 0.1) is 0 Å². The number of aliphatic hydroxyl groups excluding tert-OH is 2. The summed E-state index contributed by atoms with van der Waals surface area (Å²) in [4.78, 5) is 23.2. The van der Waals surface area contributed by atoms with Crippen LogP contribution in [0.25, 0.3) is 22.6 Å². The van der Waals surface area contributed by atoms with Gasteiger partial charge in [-0.15, -0.1) is 0 Å². The second kappa shape index (κ2) is 6.09. The van der Waals surface area contributed by atoms with Crippen LogP contribution in [0.5, 0.6) is 5.75 Å². The zero-order chi connectivity index (χ0) is 18.4. The first kappa shape index (κ1) is 16.5. The summed E-state index contributed by atoms with van der Waals surface area (Å²) in [6.07, 6.45) is -2.11. The Kier molecular flexibility index (Phi) is 3.87. The van der Waals surface area contributed by atoms with Crippen molar-refractivity contribution in [2.75, 3.05) is 12.3 Å². The summed E-state index contributed by atoms with van der Waals surface area (Å²) in [5.41, 5.74) is 6.08. The lowest BCUT2D eigenvalue weighted by Gasteiger charge is -2.17. The Morgan fingerprint density at radius 1 is 1.31 bits per heavy atom. The van der Waals surface area contributed by atoms with E-state index >= 15 is 0 Å². The lowest BCUT2D eigenvalue weighted by molar-refractivity contribution is -0.0426. The van der Waals surface area contributed by atoms with Crippen molar-refractivity contribution in [1.29, 1.82) is 0 Å². The first-order valence-electron chi connectivity index (χ1n) is 7.99. The summed E-state index contributed by atoms with van der Waals surface area (Å²) < 4.78 is 7.30. The number of aromatic nitrogens is 4. The molecule has 1 aliphatic heterocycles. The molecule has 0 saturated carbocycles. The van der Waals surface area contributed by atoms with Gasteiger partial charge in [0.2, 0.25) is 5.95 Å². The van der Waals surface area contributed by atoms with E-state index < -0.39 is 24.0 Å². The predicted molar refractivity (Wildman–Crippen MR) is 91.3 cm³/mol. The Hall–Kier alpha value is -2.95. The number of benzene rings is 1. The van der Waals surface area contributed by atoms with Crippen molar-refractivity contribution in [3.63, 3.8) is 0 Å². The first-order valence-corrected chi connectivity index (χ1v) is 7.99. The summed E-state index contributed by atoms with van der Waals surface area (Å²) >= 11 is 0. The first-order chi connectivity index (χ1) is 12.5. The van der Waals surface area contributed by atoms with Crippen LogP contribution in [-0.2, 0) is 4.74 Å². The van der Waals surface area contributed by atoms with Crippen LogP contribution in [-0.4, -0.2) is 53.7 Å². The summed E-state index contributed by atoms with van der Waals surface area (Å²) in [5, 5.41) is 28.9. The molecule has 10 nitrogen and oxygen atoms in total. The van der Waals surface area contributed by atoms with Crippen LogP contribution in [0.15, 0.2) is 29.1 Å². The molecule has 1 aliphatic rings. The average Bonchev–Trinajstić information content (AvgIpc) is 3.16. The molecule has 0 radical (unpaired) electrons. The van der Waals surface area contributed by atoms with Gasteiger partial charge in [0.1, 0.15) is 23.9 Å². The van der Waals surface area contributed by atoms with Crippen molar-refractivity contribution in [1.82, 2.24) is 19.5 Å². The average molecular weight is 359 g/mol. The van der Waals surface area contributed by atoms with Crippen molar-refractivity contribution < 1.29 is 20.1 Å². The summed E-state index contributed by atoms with van der Waals surface area (Å²) in [6.45, 7) is -0.338. The fourth-order valence-electron chi connectivity index (χ4n) is 3.13. The van der Waals surface area contributed by atoms with Crippen LogP contribution < -0.4 is 11.3 Å². The van der Waals surface area contributed by atoms with Gasteiger partial charge in [-0.1, -0.05) is 0 Å². The molecule has 3 atom stereocenters. The topological polar surface area (TPSA) is 160 Å². The number of anilines is 1. The van der Waals surface area contributed by atoms with Gasteiger partial charge >= 0.3 is 0 Å². The lowest BCUT2D eigenvalue weighted by Crippen LogP contribution is -2.24. The molecule has 6 N–H and O–H groups in total. The number of nitrogen functional groups attached to an aromatic ring is 1. The number of H-pyrrole nitrogens is 1. The van der Waals surface area contributed by atoms with E-state index in [-0.39, 0.29) is 35.9 Å². The number of fused-ring (bicyclic) bond motifs is 1. The number of aliphatic hydroxyl groups is 2. The Labute approximate surface area is 146 Å². The molecular weight excluding hydrogens is 342 g/mol. The van der Waals surface area contributed by atoms with Gasteiger partial charge in [-0.05, 0) is 24.3 Å². The quantitative estimate of drug-likeness (QED) is 0.427. The van der Waals surface area contributed by atoms with Crippen molar-refractivity contribution in [3.8, 4) is 17.1 Å². The highest BCUT2D eigenvalue weighted by atomic mass is 16.5. The Morgan fingerprint density at radius 2 is 2.04 bits per heavy atom. The van der Waals surface area contributed by atoms with E-state index in [2.05, 4.69) is 15.0 Å². The van der Waals surface area contributed by atoms with Crippen molar-refractivity contribution in [2.45, 2.75) is 24.9 Å². The lowest BCUT2D eigenvalue weighted by atomic mass is 10.1. The standard InChI is InChI=1S/C16H17N5O5/c17-16-19-14-12(15(25)20-16)18-13(7-1-3-8(23)4-2-7)21(14)11-5-9(24)10(6-22)26-11/h1-4,9-11,22-24H,5-6H2,(H3,17,19,20,25)/t9-,10+,11+/m0/s1. The number of nitrogens with zero attached hydrogens (tertiary/aromatic N) is 3. The van der Waals surface area contributed by atoms with Gasteiger partial charge in [0, 0.05) is 12.0 Å². The largest absolute Gasteiger partial charge is 0.508 e. The van der Waals surface area contributed by atoms with Crippen molar-refractivity contribution in [3.05, 3.63) is 34.6 Å². The zero-order valence-corrected chi connectivity index (χ0v) is 13.5. The molecule has 1 fully saturated rings. The molecular formula is C16H17N5O5. The van der Waals surface area contributed by atoms with Gasteiger partial charge in [-0.3, -0.25) is 14.3 Å². The summed E-state index contributed by atoms with van der Waals surface area (Å²) in [5.74, 6) is 0.391. The van der Waals surface area contributed by atoms with Gasteiger partial charge in [0.25, 0.3) is 5.56 Å². The highest BCUT2D eigenvalue weighted by Gasteiger charge is 2.37. The molecule has 3 heterocycles. The molecule has 10 heteroatoms. The number of phenols is 1. The SMILES string of the molecule is Nc1nc2c(nc(-c3ccc(O)cc3)n2[C@H]2C[C@H](O)[C@@H](CO)O2)c(=O)[nH]1. The maximum absolute atomic E-state index is 12.2. The Bertz CT molecular complexity index is 1010. The number of hydrogen-bond acceptors (Lipinski definition) is 8. The number of ether oxygens (including phenoxy) is 1. The maximum Gasteiger partial charge on any atom is 0.280 e. The minimum atomic E-state index is -0.866. The molecule has 1 aromatic carbocycles. The van der Waals surface area contributed by atoms with E-state index in [1.807, 2.05) is 0 Å². The van der Waals surface area contributed by atoms with E-state index in [0.717, 1.165) is 0 Å². The third kappa shape index (κ3) is 2.60. The van der Waals surface area contributed by atoms with Crippen LogP contribution in [0.2, 0.25) is 0 Å². The highest BCUT2D eigenvalue weighted by molar-refractivity contribution is 5.77. The number of aromatic hydroxyl groups is 1. The third-order valence-electron chi connectivity index (χ3n) is 4.37. The molecule has 0 unspecified atom stereocenters. The molecule has 1 saturated heterocycles. The van der Waals surface area contributed by atoms with Crippen LogP contribution in [0.4, 0.5) is 5.95 Å². The summed E-state index contributed by atoms with van der Waals surface area (Å²) in [6, 6.07) is 6.26. The third-order valence-corrected chi connectivity index (χ3v) is 4.37. The minimum absolute atomic E-state index is 0.0711. The second-order valence-electron chi connectivity index (χ2n) is 6.09. The Balaban J connectivity index is 1.95. The van der Waals surface area contributed by atoms with Gasteiger partial charge in [-0.2, -0.15) is 4.98 Å². The number of aromatic amines is 1. The normalized spacial score (nSPS) is 22.9. The number of nitrogens with two attached hydrogens (primary N) is 1. The Morgan fingerprint density at radius 3 is 2.69 bits per heavy atom. The molecule has 2 aromatic heterocycles. The predicted octanol–water partition coefficient (Wildman–Crippen LogP) is -0.285. The molecule has 26 heavy (non-hydrogen) atoms. The van der Waals surface area contributed by atoms with Crippen LogP contribution in [0.1, 0.15) is 12.6 Å². The molecule has 4 rings (SSSR count). The second-order valence-corrected chi connectivity index (χ2v) is 6.09. The van der Waals surface area contributed by atoms with E-state index in [1.54, 1.807) is 16.7 Å². The van der Waals surface area contributed by atoms with E-state index in [1.165, 1.54) is 12.1 Å². The molecule has 0 aliphatic carbocycles. The van der Waals surface area contributed by atoms with Crippen molar-refractivity contribution in [2.24, 2.45) is 0 Å². The number of hydrogen-bond donors (Lipinski definition) is 5. The van der Waals surface area contributed by atoms with Crippen molar-refractivity contribution >= 4 is 17.1 Å². The molecule has 0 amide bonds. The van der Waals surface area contributed by atoms with Gasteiger partial charge < -0.3 is 25.8 Å². The van der Waals surface area contributed by atoms with E-state index in [4.69, 9.17) is 10.5 Å². The fraction of sp³-hybridized carbons (Fsp3) is 0.312. The smallest absolute Gasteiger partial charge is 0.280 e. The molecule has 0 bridgehead atoms. The fourth-order valence-corrected chi connectivity index (χ4v) is 3.13. The zero-order valence-electron chi connectivity index (χ0n) is 13.5. The molecule has 0 spiro atoms. The van der Waals surface area contributed by atoms with E-state index in [9.17, 15) is 20.1 Å². The highest BCUT2D eigenvalue weighted by Crippen LogP contribution is 2.35. The number of phenolic OH excluding ortho intramolecular Hbond substituents is 1. The monoisotopic (exact) mass is 359 g/mol. The maximum atomic E-state index is 12.2. The van der Waals surface area contributed by atoms with Gasteiger partial charge in [0.05, 0.1) is 12.7 Å². The van der Waals surface area contributed by atoms with E-state index in [0.29, 0.717) is 11.4 Å². The van der Waals surface area contributed by atoms with Crippen LogP contribution in [0.3, 0.4) is 0 Å². The molecule has 3 aromatic rings. The molecule has 136 valence electrons. The minimum Gasteiger partial charge on any atom is -0.508 e. The van der Waals surface area contributed by atoms with Gasteiger partial charge in [0.15, 0.2) is 11.2 Å². The number of imidazole rings is 1. The van der Waals surface area contributed by atoms with Crippen LogP contribution >= 0.6 is 0 Å². The number of nitrogens with one attached hydrogen (secondary N) is 1. The number of rotatable bonds is 3.